The van der Waals surface area contributed by atoms with E-state index in [9.17, 15) is 4.79 Å². The molecule has 1 N–H and O–H groups in total. The fourth-order valence-electron chi connectivity index (χ4n) is 2.65. The number of terminal acetylenes is 1. The normalized spacial score (nSPS) is 11.3. The maximum atomic E-state index is 12.5. The van der Waals surface area contributed by atoms with E-state index >= 15 is 0 Å². The minimum absolute atomic E-state index is 0.107. The van der Waals surface area contributed by atoms with Crippen molar-refractivity contribution in [1.29, 1.82) is 0 Å². The monoisotopic (exact) mass is 431 g/mol. The smallest absolute Gasteiger partial charge is 0.252 e. The summed E-state index contributed by atoms with van der Waals surface area (Å²) < 4.78 is 21.9. The Hall–Kier alpha value is -2.88. The molecule has 0 fully saturated rings. The number of benzene rings is 2. The number of ether oxygens (including phenoxy) is 4. The summed E-state index contributed by atoms with van der Waals surface area (Å²) in [6.45, 7) is 2.95. The zero-order valence-electron chi connectivity index (χ0n) is 17.2. The number of nitrogens with one attached hydrogen (secondary N) is 1. The molecular formula is C23H26ClNO5. The number of hydrogen-bond acceptors (Lipinski definition) is 5. The van der Waals surface area contributed by atoms with Crippen molar-refractivity contribution in [3.05, 3.63) is 53.1 Å². The molecule has 2 rings (SSSR count). The van der Waals surface area contributed by atoms with E-state index in [1.165, 1.54) is 0 Å². The molecule has 7 heteroatoms. The number of carbonyl (C=O) groups excluding carboxylic acids is 1. The van der Waals surface area contributed by atoms with E-state index < -0.39 is 6.10 Å². The topological polar surface area (TPSA) is 66.0 Å². The highest BCUT2D eigenvalue weighted by atomic mass is 35.5. The largest absolute Gasteiger partial charge is 0.493 e. The van der Waals surface area contributed by atoms with Gasteiger partial charge in [0.25, 0.3) is 5.91 Å². The van der Waals surface area contributed by atoms with Gasteiger partial charge in [0.1, 0.15) is 19.0 Å². The Morgan fingerprint density at radius 2 is 1.93 bits per heavy atom. The molecule has 1 amide bonds. The molecule has 2 aromatic rings. The van der Waals surface area contributed by atoms with Crippen molar-refractivity contribution in [1.82, 2.24) is 5.32 Å². The van der Waals surface area contributed by atoms with Crippen LogP contribution in [0, 0.1) is 12.3 Å². The second kappa shape index (κ2) is 12.6. The molecule has 0 aliphatic carbocycles. The number of rotatable bonds is 12. The Labute approximate surface area is 182 Å². The van der Waals surface area contributed by atoms with Crippen LogP contribution in [0.3, 0.4) is 0 Å². The van der Waals surface area contributed by atoms with Crippen LogP contribution in [0.5, 0.6) is 17.2 Å². The molecule has 0 saturated carbocycles. The highest BCUT2D eigenvalue weighted by molar-refractivity contribution is 6.30. The van der Waals surface area contributed by atoms with E-state index in [1.54, 1.807) is 37.4 Å². The van der Waals surface area contributed by atoms with Crippen LogP contribution in [0.25, 0.3) is 0 Å². The van der Waals surface area contributed by atoms with Crippen LogP contribution in [-0.4, -0.2) is 45.5 Å². The summed E-state index contributed by atoms with van der Waals surface area (Å²) >= 11 is 5.87. The van der Waals surface area contributed by atoms with Gasteiger partial charge in [-0.2, -0.15) is 0 Å². The Morgan fingerprint density at radius 1 is 1.17 bits per heavy atom. The minimum Gasteiger partial charge on any atom is -0.493 e. The van der Waals surface area contributed by atoms with Crippen LogP contribution >= 0.6 is 11.6 Å². The van der Waals surface area contributed by atoms with Gasteiger partial charge in [-0.25, -0.2) is 0 Å². The van der Waals surface area contributed by atoms with Gasteiger partial charge in [0, 0.05) is 18.2 Å². The summed E-state index contributed by atoms with van der Waals surface area (Å²) in [5, 5.41) is 3.50. The van der Waals surface area contributed by atoms with Gasteiger partial charge in [0.2, 0.25) is 0 Å². The van der Waals surface area contributed by atoms with Gasteiger partial charge in [-0.1, -0.05) is 23.6 Å². The molecule has 1 unspecified atom stereocenters. The Kier molecular flexibility index (Phi) is 9.85. The summed E-state index contributed by atoms with van der Waals surface area (Å²) in [6, 6.07) is 12.5. The molecule has 0 spiro atoms. The van der Waals surface area contributed by atoms with Crippen molar-refractivity contribution in [2.24, 2.45) is 0 Å². The first-order valence-electron chi connectivity index (χ1n) is 9.58. The minimum atomic E-state index is -0.709. The average molecular weight is 432 g/mol. The van der Waals surface area contributed by atoms with E-state index in [4.69, 9.17) is 37.0 Å². The van der Waals surface area contributed by atoms with Gasteiger partial charge in [0.15, 0.2) is 17.6 Å². The van der Waals surface area contributed by atoms with Crippen LogP contribution in [0.15, 0.2) is 42.5 Å². The van der Waals surface area contributed by atoms with Crippen molar-refractivity contribution in [3.8, 4) is 29.6 Å². The maximum Gasteiger partial charge on any atom is 0.252 e. The second-order valence-electron chi connectivity index (χ2n) is 6.23. The zero-order valence-corrected chi connectivity index (χ0v) is 17.9. The zero-order chi connectivity index (χ0) is 21.8. The standard InChI is InChI=1S/C23H26ClNO5/c1-4-14-29-20-11-6-17(15-21(20)27-3)12-13-25-23(26)22(28-5-2)16-30-19-9-7-18(24)8-10-19/h1,6-11,15,22H,5,12-14,16H2,2-3H3,(H,25,26). The maximum absolute atomic E-state index is 12.5. The van der Waals surface area contributed by atoms with E-state index in [1.807, 2.05) is 19.1 Å². The number of hydrogen-bond donors (Lipinski definition) is 1. The van der Waals surface area contributed by atoms with Gasteiger partial charge >= 0.3 is 0 Å². The molecule has 0 aromatic heterocycles. The lowest BCUT2D eigenvalue weighted by Gasteiger charge is -2.18. The molecule has 6 nitrogen and oxygen atoms in total. The molecule has 0 aliphatic rings. The summed E-state index contributed by atoms with van der Waals surface area (Å²) in [4.78, 5) is 12.5. The third kappa shape index (κ3) is 7.51. The summed E-state index contributed by atoms with van der Waals surface area (Å²) in [6.07, 6.45) is 5.13. The predicted octanol–water partition coefficient (Wildman–Crippen LogP) is 3.50. The lowest BCUT2D eigenvalue weighted by atomic mass is 10.1. The highest BCUT2D eigenvalue weighted by Gasteiger charge is 2.19. The SMILES string of the molecule is C#CCOc1ccc(CCNC(=O)C(COc2ccc(Cl)cc2)OCC)cc1OC. The van der Waals surface area contributed by atoms with E-state index in [0.717, 1.165) is 5.56 Å². The van der Waals surface area contributed by atoms with Crippen LogP contribution < -0.4 is 19.5 Å². The van der Waals surface area contributed by atoms with Crippen LogP contribution in [0.1, 0.15) is 12.5 Å². The van der Waals surface area contributed by atoms with E-state index in [-0.39, 0.29) is 19.1 Å². The molecule has 160 valence electrons. The van der Waals surface area contributed by atoms with Gasteiger partial charge in [-0.15, -0.1) is 6.42 Å². The van der Waals surface area contributed by atoms with Crippen molar-refractivity contribution in [2.75, 3.05) is 33.5 Å². The first kappa shape index (κ1) is 23.4. The Morgan fingerprint density at radius 3 is 2.60 bits per heavy atom. The number of carbonyl (C=O) groups is 1. The van der Waals surface area contributed by atoms with E-state index in [0.29, 0.717) is 41.8 Å². The molecule has 1 atom stereocenters. The van der Waals surface area contributed by atoms with Gasteiger partial charge in [-0.3, -0.25) is 4.79 Å². The predicted molar refractivity (Wildman–Crippen MR) is 116 cm³/mol. The molecule has 0 heterocycles. The average Bonchev–Trinajstić information content (AvgIpc) is 2.76. The molecule has 0 saturated heterocycles. The highest BCUT2D eigenvalue weighted by Crippen LogP contribution is 2.28. The molecule has 0 bridgehead atoms. The molecular weight excluding hydrogens is 406 g/mol. The summed E-state index contributed by atoms with van der Waals surface area (Å²) in [5.41, 5.74) is 0.991. The van der Waals surface area contributed by atoms with Crippen molar-refractivity contribution < 1.29 is 23.7 Å². The van der Waals surface area contributed by atoms with Crippen molar-refractivity contribution in [3.63, 3.8) is 0 Å². The molecule has 30 heavy (non-hydrogen) atoms. The summed E-state index contributed by atoms with van der Waals surface area (Å²) in [7, 11) is 1.57. The van der Waals surface area contributed by atoms with Crippen LogP contribution in [0.2, 0.25) is 5.02 Å². The Balaban J connectivity index is 1.86. The van der Waals surface area contributed by atoms with Gasteiger partial charge in [-0.05, 0) is 55.3 Å². The third-order valence-corrected chi connectivity index (χ3v) is 4.38. The van der Waals surface area contributed by atoms with Crippen molar-refractivity contribution in [2.45, 2.75) is 19.4 Å². The Bertz CT molecular complexity index is 848. The first-order chi connectivity index (χ1) is 14.6. The van der Waals surface area contributed by atoms with Crippen LogP contribution in [-0.2, 0) is 16.0 Å². The fourth-order valence-corrected chi connectivity index (χ4v) is 2.78. The molecule has 0 aliphatic heterocycles. The van der Waals surface area contributed by atoms with Gasteiger partial charge in [0.05, 0.1) is 7.11 Å². The molecule has 0 radical (unpaired) electrons. The summed E-state index contributed by atoms with van der Waals surface area (Å²) in [5.74, 6) is 3.99. The van der Waals surface area contributed by atoms with Crippen molar-refractivity contribution >= 4 is 17.5 Å². The van der Waals surface area contributed by atoms with E-state index in [2.05, 4.69) is 11.2 Å². The fraction of sp³-hybridized carbons (Fsp3) is 0.348. The lowest BCUT2D eigenvalue weighted by molar-refractivity contribution is -0.134. The second-order valence-corrected chi connectivity index (χ2v) is 6.66. The quantitative estimate of drug-likeness (QED) is 0.521. The number of methoxy groups -OCH3 is 1. The molecule has 2 aromatic carbocycles. The van der Waals surface area contributed by atoms with Gasteiger partial charge < -0.3 is 24.3 Å². The third-order valence-electron chi connectivity index (χ3n) is 4.13. The first-order valence-corrected chi connectivity index (χ1v) is 9.96. The lowest BCUT2D eigenvalue weighted by Crippen LogP contribution is -2.41. The van der Waals surface area contributed by atoms with Crippen LogP contribution in [0.4, 0.5) is 0 Å². The number of halogens is 1. The number of amides is 1.